The van der Waals surface area contributed by atoms with Crippen molar-refractivity contribution in [1.29, 1.82) is 0 Å². The van der Waals surface area contributed by atoms with E-state index in [1.807, 2.05) is 11.4 Å². The molecule has 0 aliphatic carbocycles. The summed E-state index contributed by atoms with van der Waals surface area (Å²) in [6.45, 7) is 0.557. The van der Waals surface area contributed by atoms with Crippen molar-refractivity contribution in [2.45, 2.75) is 6.42 Å². The number of nitrogens with one attached hydrogen (secondary N) is 1. The first kappa shape index (κ1) is 11.4. The van der Waals surface area contributed by atoms with E-state index in [1.54, 1.807) is 23.5 Å². The van der Waals surface area contributed by atoms with Crippen molar-refractivity contribution in [2.24, 2.45) is 5.73 Å². The minimum absolute atomic E-state index is 0.211. The van der Waals surface area contributed by atoms with Crippen LogP contribution >= 0.6 is 11.3 Å². The van der Waals surface area contributed by atoms with Gasteiger partial charge in [-0.2, -0.15) is 0 Å². The largest absolute Gasteiger partial charge is 0.354 e. The summed E-state index contributed by atoms with van der Waals surface area (Å²) in [5.74, 6) is -0.211. The van der Waals surface area contributed by atoms with Crippen molar-refractivity contribution in [1.82, 2.24) is 4.98 Å². The summed E-state index contributed by atoms with van der Waals surface area (Å²) < 4.78 is 13.4. The number of halogens is 1. The highest BCUT2D eigenvalue weighted by molar-refractivity contribution is 7.13. The first-order valence-corrected chi connectivity index (χ1v) is 6.71. The maximum absolute atomic E-state index is 13.4. The fourth-order valence-electron chi connectivity index (χ4n) is 2.26. The van der Waals surface area contributed by atoms with E-state index in [4.69, 9.17) is 5.73 Å². The molecule has 3 aromatic rings. The molecule has 4 heteroatoms. The molecular weight excluding hydrogens is 247 g/mol. The number of fused-ring (bicyclic) bond motifs is 1. The number of aromatic amines is 1. The highest BCUT2D eigenvalue weighted by Gasteiger charge is 2.13. The Morgan fingerprint density at radius 2 is 2.17 bits per heavy atom. The third kappa shape index (κ3) is 1.83. The first-order valence-electron chi connectivity index (χ1n) is 5.83. The number of thiophene rings is 1. The summed E-state index contributed by atoms with van der Waals surface area (Å²) in [5.41, 5.74) is 8.80. The van der Waals surface area contributed by atoms with E-state index in [2.05, 4.69) is 11.1 Å². The van der Waals surface area contributed by atoms with Crippen LogP contribution in [0.15, 0.2) is 35.7 Å². The quantitative estimate of drug-likeness (QED) is 0.743. The zero-order chi connectivity index (χ0) is 12.5. The average molecular weight is 260 g/mol. The molecule has 2 heterocycles. The summed E-state index contributed by atoms with van der Waals surface area (Å²) in [6.07, 6.45) is 0.747. The molecule has 0 saturated heterocycles. The van der Waals surface area contributed by atoms with Crippen molar-refractivity contribution in [2.75, 3.05) is 6.54 Å². The minimum Gasteiger partial charge on any atom is -0.354 e. The van der Waals surface area contributed by atoms with Gasteiger partial charge in [0.05, 0.1) is 10.6 Å². The molecule has 0 fully saturated rings. The molecule has 0 saturated carbocycles. The van der Waals surface area contributed by atoms with Gasteiger partial charge in [-0.3, -0.25) is 0 Å². The molecule has 0 bridgehead atoms. The van der Waals surface area contributed by atoms with Crippen molar-refractivity contribution >= 4 is 22.2 Å². The smallest absolute Gasteiger partial charge is 0.123 e. The van der Waals surface area contributed by atoms with Gasteiger partial charge in [0.25, 0.3) is 0 Å². The fraction of sp³-hybridized carbons (Fsp3) is 0.143. The van der Waals surface area contributed by atoms with Crippen LogP contribution in [-0.2, 0) is 6.42 Å². The normalized spacial score (nSPS) is 11.2. The maximum Gasteiger partial charge on any atom is 0.123 e. The highest BCUT2D eigenvalue weighted by Crippen LogP contribution is 2.33. The Labute approximate surface area is 108 Å². The molecule has 0 amide bonds. The topological polar surface area (TPSA) is 41.8 Å². The van der Waals surface area contributed by atoms with Crippen LogP contribution in [0.1, 0.15) is 5.56 Å². The van der Waals surface area contributed by atoms with E-state index < -0.39 is 0 Å². The molecule has 0 spiro atoms. The van der Waals surface area contributed by atoms with Crippen molar-refractivity contribution in [3.8, 4) is 10.6 Å². The van der Waals surface area contributed by atoms with Crippen molar-refractivity contribution in [3.05, 3.63) is 47.1 Å². The molecule has 92 valence electrons. The Balaban J connectivity index is 2.27. The van der Waals surface area contributed by atoms with Gasteiger partial charge in [-0.05, 0) is 48.2 Å². The molecule has 18 heavy (non-hydrogen) atoms. The van der Waals surface area contributed by atoms with E-state index in [0.717, 1.165) is 33.5 Å². The molecule has 2 aromatic heterocycles. The zero-order valence-electron chi connectivity index (χ0n) is 9.74. The Kier molecular flexibility index (Phi) is 2.89. The first-order chi connectivity index (χ1) is 8.79. The van der Waals surface area contributed by atoms with Gasteiger partial charge in [-0.1, -0.05) is 6.07 Å². The lowest BCUT2D eigenvalue weighted by Gasteiger charge is -2.01. The molecule has 0 unspecified atom stereocenters. The predicted molar refractivity (Wildman–Crippen MR) is 74.3 cm³/mol. The molecular formula is C14H13FN2S. The summed E-state index contributed by atoms with van der Waals surface area (Å²) in [4.78, 5) is 4.53. The summed E-state index contributed by atoms with van der Waals surface area (Å²) in [6, 6.07) is 8.91. The van der Waals surface area contributed by atoms with E-state index >= 15 is 0 Å². The molecule has 3 N–H and O–H groups in total. The van der Waals surface area contributed by atoms with Crippen molar-refractivity contribution < 1.29 is 4.39 Å². The lowest BCUT2D eigenvalue weighted by atomic mass is 10.1. The summed E-state index contributed by atoms with van der Waals surface area (Å²) in [7, 11) is 0. The van der Waals surface area contributed by atoms with Crippen LogP contribution in [0.2, 0.25) is 0 Å². The SMILES string of the molecule is NCCc1c(-c2cccs2)[nH]c2ccc(F)cc12. The maximum atomic E-state index is 13.4. The standard InChI is InChI=1S/C14H13FN2S/c15-9-3-4-12-11(8-9)10(5-6-16)14(17-12)13-2-1-7-18-13/h1-4,7-8,17H,5-6,16H2. The van der Waals surface area contributed by atoms with Gasteiger partial charge in [-0.25, -0.2) is 4.39 Å². The molecule has 0 aliphatic heterocycles. The lowest BCUT2D eigenvalue weighted by molar-refractivity contribution is 0.629. The highest BCUT2D eigenvalue weighted by atomic mass is 32.1. The van der Waals surface area contributed by atoms with Crippen LogP contribution < -0.4 is 5.73 Å². The van der Waals surface area contributed by atoms with Crippen LogP contribution in [-0.4, -0.2) is 11.5 Å². The van der Waals surface area contributed by atoms with Crippen LogP contribution in [0.3, 0.4) is 0 Å². The molecule has 0 radical (unpaired) electrons. The number of rotatable bonds is 3. The van der Waals surface area contributed by atoms with E-state index in [9.17, 15) is 4.39 Å². The number of aromatic nitrogens is 1. The second kappa shape index (κ2) is 4.55. The lowest BCUT2D eigenvalue weighted by Crippen LogP contribution is -2.03. The molecule has 0 aliphatic rings. The Bertz CT molecular complexity index is 670. The van der Waals surface area contributed by atoms with E-state index in [1.165, 1.54) is 6.07 Å². The van der Waals surface area contributed by atoms with Gasteiger partial charge >= 0.3 is 0 Å². The minimum atomic E-state index is -0.211. The van der Waals surface area contributed by atoms with Crippen LogP contribution in [0, 0.1) is 5.82 Å². The number of hydrogen-bond donors (Lipinski definition) is 2. The second-order valence-electron chi connectivity index (χ2n) is 4.18. The van der Waals surface area contributed by atoms with Gasteiger partial charge in [0, 0.05) is 10.9 Å². The Morgan fingerprint density at radius 1 is 1.28 bits per heavy atom. The third-order valence-electron chi connectivity index (χ3n) is 3.03. The molecule has 0 atom stereocenters. The van der Waals surface area contributed by atoms with Gasteiger partial charge < -0.3 is 10.7 Å². The zero-order valence-corrected chi connectivity index (χ0v) is 10.6. The average Bonchev–Trinajstić information content (AvgIpc) is 2.98. The number of nitrogens with two attached hydrogens (primary N) is 1. The Morgan fingerprint density at radius 3 is 2.89 bits per heavy atom. The molecule has 1 aromatic carbocycles. The van der Waals surface area contributed by atoms with Gasteiger partial charge in [-0.15, -0.1) is 11.3 Å². The summed E-state index contributed by atoms with van der Waals surface area (Å²) >= 11 is 1.67. The fourth-order valence-corrected chi connectivity index (χ4v) is 3.01. The predicted octanol–water partition coefficient (Wildman–Crippen LogP) is 3.54. The monoisotopic (exact) mass is 260 g/mol. The second-order valence-corrected chi connectivity index (χ2v) is 5.13. The third-order valence-corrected chi connectivity index (χ3v) is 3.92. The summed E-state index contributed by atoms with van der Waals surface area (Å²) in [5, 5.41) is 2.97. The van der Waals surface area contributed by atoms with Gasteiger partial charge in [0.1, 0.15) is 5.82 Å². The van der Waals surface area contributed by atoms with Crippen LogP contribution in [0.5, 0.6) is 0 Å². The number of hydrogen-bond acceptors (Lipinski definition) is 2. The van der Waals surface area contributed by atoms with Gasteiger partial charge in [0.2, 0.25) is 0 Å². The van der Waals surface area contributed by atoms with Crippen LogP contribution in [0.4, 0.5) is 4.39 Å². The van der Waals surface area contributed by atoms with Gasteiger partial charge in [0.15, 0.2) is 0 Å². The molecule has 2 nitrogen and oxygen atoms in total. The number of H-pyrrole nitrogens is 1. The van der Waals surface area contributed by atoms with Crippen LogP contribution in [0.25, 0.3) is 21.5 Å². The van der Waals surface area contributed by atoms with E-state index in [0.29, 0.717) is 6.54 Å². The van der Waals surface area contributed by atoms with E-state index in [-0.39, 0.29) is 5.82 Å². The Hall–Kier alpha value is -1.65. The molecule has 3 rings (SSSR count). The number of benzene rings is 1. The van der Waals surface area contributed by atoms with Crippen molar-refractivity contribution in [3.63, 3.8) is 0 Å².